The van der Waals surface area contributed by atoms with Gasteiger partial charge in [-0.15, -0.1) is 0 Å². The molecule has 0 atom stereocenters. The minimum atomic E-state index is -3.60. The molecule has 0 saturated carbocycles. The lowest BCUT2D eigenvalue weighted by Gasteiger charge is -2.33. The topological polar surface area (TPSA) is 99.3 Å². The number of hydrogen-bond acceptors (Lipinski definition) is 5. The number of amides is 1. The number of fused-ring (bicyclic) bond motifs is 1. The van der Waals surface area contributed by atoms with Crippen molar-refractivity contribution < 1.29 is 13.2 Å². The van der Waals surface area contributed by atoms with Gasteiger partial charge in [0, 0.05) is 49.9 Å². The SMILES string of the molecule is CCN(Cc1ccncc1)C(=O)C1CCN(S(=O)(=O)c2ccc3cn[nH]c3c2)CC1. The summed E-state index contributed by atoms with van der Waals surface area (Å²) in [4.78, 5) is 19.1. The zero-order valence-electron chi connectivity index (χ0n) is 16.9. The lowest BCUT2D eigenvalue weighted by Crippen LogP contribution is -2.44. The number of nitrogens with zero attached hydrogens (tertiary/aromatic N) is 4. The van der Waals surface area contributed by atoms with Crippen LogP contribution >= 0.6 is 0 Å². The third-order valence-electron chi connectivity index (χ3n) is 5.67. The molecule has 0 radical (unpaired) electrons. The Balaban J connectivity index is 1.41. The highest BCUT2D eigenvalue weighted by Gasteiger charge is 2.33. The van der Waals surface area contributed by atoms with E-state index in [0.29, 0.717) is 44.5 Å². The van der Waals surface area contributed by atoms with E-state index in [0.717, 1.165) is 10.9 Å². The van der Waals surface area contributed by atoms with E-state index >= 15 is 0 Å². The predicted octanol–water partition coefficient (Wildman–Crippen LogP) is 2.41. The highest BCUT2D eigenvalue weighted by atomic mass is 32.2. The fourth-order valence-corrected chi connectivity index (χ4v) is 5.38. The number of piperidine rings is 1. The number of hydrogen-bond donors (Lipinski definition) is 1. The van der Waals surface area contributed by atoms with E-state index < -0.39 is 10.0 Å². The number of benzene rings is 1. The van der Waals surface area contributed by atoms with Gasteiger partial charge in [-0.25, -0.2) is 8.42 Å². The molecule has 0 bridgehead atoms. The summed E-state index contributed by atoms with van der Waals surface area (Å²) in [6.07, 6.45) is 6.15. The molecule has 9 heteroatoms. The van der Waals surface area contributed by atoms with Crippen molar-refractivity contribution in [3.8, 4) is 0 Å². The quantitative estimate of drug-likeness (QED) is 0.651. The van der Waals surface area contributed by atoms with Crippen molar-refractivity contribution in [2.24, 2.45) is 5.92 Å². The Hall–Kier alpha value is -2.78. The summed E-state index contributed by atoms with van der Waals surface area (Å²) < 4.78 is 27.6. The number of nitrogens with one attached hydrogen (secondary N) is 1. The van der Waals surface area contributed by atoms with E-state index in [-0.39, 0.29) is 16.7 Å². The Kier molecular flexibility index (Phi) is 5.83. The van der Waals surface area contributed by atoms with Crippen LogP contribution in [-0.2, 0) is 21.4 Å². The average Bonchev–Trinajstić information content (AvgIpc) is 3.26. The molecule has 3 heterocycles. The van der Waals surface area contributed by atoms with Gasteiger partial charge in [0.15, 0.2) is 0 Å². The van der Waals surface area contributed by atoms with Crippen LogP contribution in [0.1, 0.15) is 25.3 Å². The van der Waals surface area contributed by atoms with E-state index in [1.807, 2.05) is 24.0 Å². The zero-order chi connectivity index (χ0) is 21.1. The van der Waals surface area contributed by atoms with Crippen molar-refractivity contribution in [2.75, 3.05) is 19.6 Å². The van der Waals surface area contributed by atoms with Gasteiger partial charge in [-0.1, -0.05) is 0 Å². The van der Waals surface area contributed by atoms with Crippen molar-refractivity contribution in [2.45, 2.75) is 31.2 Å². The van der Waals surface area contributed by atoms with Crippen molar-refractivity contribution in [1.82, 2.24) is 24.4 Å². The van der Waals surface area contributed by atoms with E-state index in [1.54, 1.807) is 36.8 Å². The number of H-pyrrole nitrogens is 1. The van der Waals surface area contributed by atoms with Crippen LogP contribution in [0.15, 0.2) is 53.8 Å². The van der Waals surface area contributed by atoms with Crippen LogP contribution in [0.5, 0.6) is 0 Å². The van der Waals surface area contributed by atoms with Gasteiger partial charge in [-0.3, -0.25) is 14.9 Å². The molecule has 0 spiro atoms. The molecule has 1 fully saturated rings. The minimum Gasteiger partial charge on any atom is -0.338 e. The van der Waals surface area contributed by atoms with Crippen LogP contribution < -0.4 is 0 Å². The fraction of sp³-hybridized carbons (Fsp3) is 0.381. The summed E-state index contributed by atoms with van der Waals surface area (Å²) in [7, 11) is -3.60. The van der Waals surface area contributed by atoms with Gasteiger partial charge in [0.25, 0.3) is 0 Å². The number of rotatable bonds is 6. The number of aromatic amines is 1. The fourth-order valence-electron chi connectivity index (χ4n) is 3.88. The average molecular weight is 428 g/mol. The summed E-state index contributed by atoms with van der Waals surface area (Å²) in [5, 5.41) is 7.62. The first-order chi connectivity index (χ1) is 14.5. The van der Waals surface area contributed by atoms with Crippen molar-refractivity contribution >= 4 is 26.8 Å². The van der Waals surface area contributed by atoms with Crippen LogP contribution in [0.4, 0.5) is 0 Å². The van der Waals surface area contributed by atoms with E-state index in [4.69, 9.17) is 0 Å². The van der Waals surface area contributed by atoms with E-state index in [2.05, 4.69) is 15.2 Å². The summed E-state index contributed by atoms with van der Waals surface area (Å²) in [5.41, 5.74) is 1.73. The standard InChI is InChI=1S/C21H25N5O3S/c1-2-25(15-16-5-9-22-10-6-16)21(27)17-7-11-26(12-8-17)30(28,29)19-4-3-18-14-23-24-20(18)13-19/h3-6,9-10,13-14,17H,2,7-8,11-12,15H2,1H3,(H,23,24). The van der Waals surface area contributed by atoms with Crippen molar-refractivity contribution in [1.29, 1.82) is 0 Å². The van der Waals surface area contributed by atoms with Crippen LogP contribution in [0.3, 0.4) is 0 Å². The maximum Gasteiger partial charge on any atom is 0.243 e. The lowest BCUT2D eigenvalue weighted by molar-refractivity contribution is -0.137. The van der Waals surface area contributed by atoms with Crippen LogP contribution in [-0.4, -0.2) is 58.3 Å². The van der Waals surface area contributed by atoms with Gasteiger partial charge in [0.1, 0.15) is 0 Å². The molecule has 4 rings (SSSR count). The normalized spacial score (nSPS) is 16.0. The van der Waals surface area contributed by atoms with Gasteiger partial charge in [-0.05, 0) is 55.7 Å². The molecule has 1 aliphatic rings. The second-order valence-corrected chi connectivity index (χ2v) is 9.44. The predicted molar refractivity (Wildman–Crippen MR) is 113 cm³/mol. The molecule has 158 valence electrons. The number of sulfonamides is 1. The summed E-state index contributed by atoms with van der Waals surface area (Å²) in [6, 6.07) is 8.78. The van der Waals surface area contributed by atoms with Crippen molar-refractivity contribution in [3.63, 3.8) is 0 Å². The molecule has 0 unspecified atom stereocenters. The molecule has 30 heavy (non-hydrogen) atoms. The minimum absolute atomic E-state index is 0.0882. The first kappa shape index (κ1) is 20.5. The molecule has 1 saturated heterocycles. The Bertz CT molecular complexity index is 1120. The molecule has 8 nitrogen and oxygen atoms in total. The molecule has 1 aromatic carbocycles. The molecule has 2 aromatic heterocycles. The number of carbonyl (C=O) groups is 1. The highest BCUT2D eigenvalue weighted by Crippen LogP contribution is 2.27. The van der Waals surface area contributed by atoms with E-state index in [9.17, 15) is 13.2 Å². The molecular weight excluding hydrogens is 402 g/mol. The van der Waals surface area contributed by atoms with Gasteiger partial charge >= 0.3 is 0 Å². The van der Waals surface area contributed by atoms with Crippen LogP contribution in [0.2, 0.25) is 0 Å². The van der Waals surface area contributed by atoms with Crippen LogP contribution in [0, 0.1) is 5.92 Å². The monoisotopic (exact) mass is 427 g/mol. The number of carbonyl (C=O) groups excluding carboxylic acids is 1. The summed E-state index contributed by atoms with van der Waals surface area (Å²) >= 11 is 0. The smallest absolute Gasteiger partial charge is 0.243 e. The molecule has 1 amide bonds. The third kappa shape index (κ3) is 4.08. The molecule has 0 aliphatic carbocycles. The maximum atomic E-state index is 13.1. The van der Waals surface area contributed by atoms with Gasteiger partial charge in [0.2, 0.25) is 15.9 Å². The Morgan fingerprint density at radius 3 is 2.63 bits per heavy atom. The Morgan fingerprint density at radius 1 is 1.20 bits per heavy atom. The first-order valence-corrected chi connectivity index (χ1v) is 11.5. The largest absolute Gasteiger partial charge is 0.338 e. The zero-order valence-corrected chi connectivity index (χ0v) is 17.7. The first-order valence-electron chi connectivity index (χ1n) is 10.1. The highest BCUT2D eigenvalue weighted by molar-refractivity contribution is 7.89. The molecule has 1 N–H and O–H groups in total. The summed E-state index contributed by atoms with van der Waals surface area (Å²) in [5.74, 6) is -0.0708. The Morgan fingerprint density at radius 2 is 1.93 bits per heavy atom. The van der Waals surface area contributed by atoms with Gasteiger partial charge in [0.05, 0.1) is 16.6 Å². The lowest BCUT2D eigenvalue weighted by atomic mass is 9.96. The molecule has 1 aliphatic heterocycles. The van der Waals surface area contributed by atoms with Crippen LogP contribution in [0.25, 0.3) is 10.9 Å². The number of pyridine rings is 1. The molecule has 3 aromatic rings. The second-order valence-electron chi connectivity index (χ2n) is 7.51. The second kappa shape index (κ2) is 8.53. The molecular formula is C21H25N5O3S. The van der Waals surface area contributed by atoms with Crippen molar-refractivity contribution in [3.05, 3.63) is 54.5 Å². The van der Waals surface area contributed by atoms with Gasteiger partial charge < -0.3 is 4.90 Å². The number of aromatic nitrogens is 3. The Labute approximate surface area is 176 Å². The maximum absolute atomic E-state index is 13.1. The van der Waals surface area contributed by atoms with E-state index in [1.165, 1.54) is 4.31 Å². The third-order valence-corrected chi connectivity index (χ3v) is 7.57. The van der Waals surface area contributed by atoms with Gasteiger partial charge in [-0.2, -0.15) is 9.40 Å². The summed E-state index contributed by atoms with van der Waals surface area (Å²) in [6.45, 7) is 3.80.